The number of hydrogen-bond donors (Lipinski definition) is 0. The van der Waals surface area contributed by atoms with Gasteiger partial charge in [-0.1, -0.05) is 12.1 Å². The van der Waals surface area contributed by atoms with Crippen molar-refractivity contribution in [3.05, 3.63) is 29.8 Å². The van der Waals surface area contributed by atoms with Crippen LogP contribution in [0.4, 0.5) is 0 Å². The lowest BCUT2D eigenvalue weighted by Gasteiger charge is -2.31. The number of hydrogen-bond acceptors (Lipinski definition) is 4. The van der Waals surface area contributed by atoms with Gasteiger partial charge in [0.15, 0.2) is 0 Å². The third-order valence-electron chi connectivity index (χ3n) is 3.19. The summed E-state index contributed by atoms with van der Waals surface area (Å²) in [7, 11) is -1.50. The molecular weight excluding hydrogens is 266 g/mol. The topological polar surface area (TPSA) is 55.8 Å². The van der Waals surface area contributed by atoms with Gasteiger partial charge in [-0.15, -0.1) is 0 Å². The first-order chi connectivity index (χ1) is 8.99. The average molecular weight is 285 g/mol. The number of benzene rings is 1. The standard InChI is InChI=1S/C13H19NO4S/c1-17-12-5-3-11(4-6-12)9-13-10-14(7-8-18-13)19(2,15)16/h3-6,13H,7-10H2,1-2H3/t13-/m0/s1. The molecule has 0 N–H and O–H groups in total. The van der Waals surface area contributed by atoms with Gasteiger partial charge in [0.05, 0.1) is 26.1 Å². The molecule has 1 atom stereocenters. The van der Waals surface area contributed by atoms with Gasteiger partial charge >= 0.3 is 0 Å². The Bertz CT molecular complexity index is 512. The summed E-state index contributed by atoms with van der Waals surface area (Å²) in [6.45, 7) is 1.32. The highest BCUT2D eigenvalue weighted by molar-refractivity contribution is 7.88. The second-order valence-electron chi connectivity index (χ2n) is 4.67. The Labute approximate surface area is 114 Å². The van der Waals surface area contributed by atoms with Crippen molar-refractivity contribution >= 4 is 10.0 Å². The maximum absolute atomic E-state index is 11.5. The van der Waals surface area contributed by atoms with Gasteiger partial charge in [-0.2, -0.15) is 4.31 Å². The van der Waals surface area contributed by atoms with E-state index in [2.05, 4.69) is 0 Å². The molecule has 5 nitrogen and oxygen atoms in total. The summed E-state index contributed by atoms with van der Waals surface area (Å²) in [5, 5.41) is 0. The molecule has 1 heterocycles. The molecule has 6 heteroatoms. The number of rotatable bonds is 4. The van der Waals surface area contributed by atoms with E-state index in [4.69, 9.17) is 9.47 Å². The molecule has 0 bridgehead atoms. The van der Waals surface area contributed by atoms with Crippen LogP contribution < -0.4 is 4.74 Å². The summed E-state index contributed by atoms with van der Waals surface area (Å²) < 4.78 is 35.2. The molecule has 1 saturated heterocycles. The molecule has 0 radical (unpaired) electrons. The molecule has 1 aromatic rings. The highest BCUT2D eigenvalue weighted by Crippen LogP contribution is 2.16. The van der Waals surface area contributed by atoms with Crippen LogP contribution in [-0.4, -0.2) is 51.9 Å². The predicted molar refractivity (Wildman–Crippen MR) is 72.9 cm³/mol. The van der Waals surface area contributed by atoms with E-state index >= 15 is 0 Å². The Kier molecular flexibility index (Phi) is 4.44. The number of morpholine rings is 1. The first-order valence-corrected chi connectivity index (χ1v) is 8.03. The molecule has 0 aliphatic carbocycles. The van der Waals surface area contributed by atoms with Crippen LogP contribution >= 0.6 is 0 Å². The second-order valence-corrected chi connectivity index (χ2v) is 6.65. The minimum absolute atomic E-state index is 0.0862. The third kappa shape index (κ3) is 3.92. The lowest BCUT2D eigenvalue weighted by atomic mass is 10.1. The van der Waals surface area contributed by atoms with Gasteiger partial charge in [0.25, 0.3) is 0 Å². The van der Waals surface area contributed by atoms with Gasteiger partial charge in [-0.05, 0) is 24.1 Å². The van der Waals surface area contributed by atoms with Crippen molar-refractivity contribution in [2.45, 2.75) is 12.5 Å². The summed E-state index contributed by atoms with van der Waals surface area (Å²) in [6.07, 6.45) is 1.86. The van der Waals surface area contributed by atoms with Gasteiger partial charge < -0.3 is 9.47 Å². The Morgan fingerprint density at radius 2 is 2.05 bits per heavy atom. The summed E-state index contributed by atoms with van der Waals surface area (Å²) in [5.41, 5.74) is 1.11. The normalized spacial score (nSPS) is 21.3. The van der Waals surface area contributed by atoms with Crippen molar-refractivity contribution < 1.29 is 17.9 Å². The van der Waals surface area contributed by atoms with Crippen molar-refractivity contribution in [2.75, 3.05) is 33.1 Å². The minimum atomic E-state index is -3.13. The van der Waals surface area contributed by atoms with Crippen LogP contribution in [-0.2, 0) is 21.2 Å². The fourth-order valence-electron chi connectivity index (χ4n) is 2.14. The summed E-state index contributed by atoms with van der Waals surface area (Å²) in [5.74, 6) is 0.811. The van der Waals surface area contributed by atoms with Crippen LogP contribution in [0.5, 0.6) is 5.75 Å². The number of methoxy groups -OCH3 is 1. The van der Waals surface area contributed by atoms with Gasteiger partial charge in [0.1, 0.15) is 5.75 Å². The highest BCUT2D eigenvalue weighted by atomic mass is 32.2. The fraction of sp³-hybridized carbons (Fsp3) is 0.538. The average Bonchev–Trinajstić information content (AvgIpc) is 2.39. The van der Waals surface area contributed by atoms with Crippen LogP contribution in [0.1, 0.15) is 5.56 Å². The van der Waals surface area contributed by atoms with E-state index in [1.807, 2.05) is 24.3 Å². The smallest absolute Gasteiger partial charge is 0.211 e. The molecule has 19 heavy (non-hydrogen) atoms. The van der Waals surface area contributed by atoms with E-state index in [0.29, 0.717) is 26.1 Å². The van der Waals surface area contributed by atoms with E-state index in [0.717, 1.165) is 11.3 Å². The number of ether oxygens (including phenoxy) is 2. The monoisotopic (exact) mass is 285 g/mol. The molecule has 2 rings (SSSR count). The zero-order valence-electron chi connectivity index (χ0n) is 11.2. The SMILES string of the molecule is COc1ccc(C[C@H]2CN(S(C)(=O)=O)CCO2)cc1. The summed E-state index contributed by atoms with van der Waals surface area (Å²) in [6, 6.07) is 7.74. The van der Waals surface area contributed by atoms with Crippen molar-refractivity contribution in [2.24, 2.45) is 0 Å². The molecule has 1 fully saturated rings. The molecule has 0 unspecified atom stereocenters. The van der Waals surface area contributed by atoms with Crippen molar-refractivity contribution in [3.8, 4) is 5.75 Å². The van der Waals surface area contributed by atoms with E-state index in [9.17, 15) is 8.42 Å². The Morgan fingerprint density at radius 3 is 2.63 bits per heavy atom. The number of sulfonamides is 1. The molecular formula is C13H19NO4S. The highest BCUT2D eigenvalue weighted by Gasteiger charge is 2.26. The maximum atomic E-state index is 11.5. The van der Waals surface area contributed by atoms with E-state index in [1.165, 1.54) is 10.6 Å². The Hall–Kier alpha value is -1.11. The molecule has 0 saturated carbocycles. The Morgan fingerprint density at radius 1 is 1.37 bits per heavy atom. The third-order valence-corrected chi connectivity index (χ3v) is 4.46. The molecule has 0 spiro atoms. The van der Waals surface area contributed by atoms with E-state index in [-0.39, 0.29) is 6.10 Å². The van der Waals surface area contributed by atoms with Crippen LogP contribution in [0.25, 0.3) is 0 Å². The minimum Gasteiger partial charge on any atom is -0.497 e. The van der Waals surface area contributed by atoms with Crippen molar-refractivity contribution in [1.82, 2.24) is 4.31 Å². The first-order valence-electron chi connectivity index (χ1n) is 6.18. The second kappa shape index (κ2) is 5.90. The van der Waals surface area contributed by atoms with Gasteiger partial charge in [0.2, 0.25) is 10.0 Å². The lowest BCUT2D eigenvalue weighted by molar-refractivity contribution is -0.000291. The van der Waals surface area contributed by atoms with Gasteiger partial charge in [0, 0.05) is 13.1 Å². The first kappa shape index (κ1) is 14.3. The van der Waals surface area contributed by atoms with Crippen LogP contribution in [0, 0.1) is 0 Å². The predicted octanol–water partition coefficient (Wildman–Crippen LogP) is 0.898. The van der Waals surface area contributed by atoms with E-state index < -0.39 is 10.0 Å². The van der Waals surface area contributed by atoms with Crippen molar-refractivity contribution in [3.63, 3.8) is 0 Å². The van der Waals surface area contributed by atoms with Crippen LogP contribution in [0.3, 0.4) is 0 Å². The summed E-state index contributed by atoms with van der Waals surface area (Å²) >= 11 is 0. The zero-order valence-corrected chi connectivity index (χ0v) is 12.0. The van der Waals surface area contributed by atoms with E-state index in [1.54, 1.807) is 7.11 Å². The lowest BCUT2D eigenvalue weighted by Crippen LogP contribution is -2.45. The molecule has 106 valence electrons. The molecule has 1 aliphatic heterocycles. The van der Waals surface area contributed by atoms with Crippen LogP contribution in [0.15, 0.2) is 24.3 Å². The molecule has 1 aromatic carbocycles. The largest absolute Gasteiger partial charge is 0.497 e. The molecule has 0 amide bonds. The van der Waals surface area contributed by atoms with Crippen molar-refractivity contribution in [1.29, 1.82) is 0 Å². The zero-order chi connectivity index (χ0) is 13.9. The molecule has 0 aromatic heterocycles. The summed E-state index contributed by atoms with van der Waals surface area (Å²) in [4.78, 5) is 0. The van der Waals surface area contributed by atoms with Crippen LogP contribution in [0.2, 0.25) is 0 Å². The molecule has 1 aliphatic rings. The Balaban J connectivity index is 1.98. The quantitative estimate of drug-likeness (QED) is 0.825. The number of nitrogens with zero attached hydrogens (tertiary/aromatic N) is 1. The van der Waals surface area contributed by atoms with Gasteiger partial charge in [-0.25, -0.2) is 8.42 Å². The fourth-order valence-corrected chi connectivity index (χ4v) is 2.98. The van der Waals surface area contributed by atoms with Gasteiger partial charge in [-0.3, -0.25) is 0 Å². The maximum Gasteiger partial charge on any atom is 0.211 e.